The van der Waals surface area contributed by atoms with Crippen LogP contribution in [0.15, 0.2) is 29.4 Å². The van der Waals surface area contributed by atoms with E-state index < -0.39 is 27.0 Å². The molecule has 0 aliphatic carbocycles. The number of aromatic nitrogens is 3. The van der Waals surface area contributed by atoms with E-state index in [1.54, 1.807) is 0 Å². The van der Waals surface area contributed by atoms with E-state index in [4.69, 9.17) is 16.9 Å². The van der Waals surface area contributed by atoms with Gasteiger partial charge in [0, 0.05) is 18.6 Å². The molecule has 0 atom stereocenters. The van der Waals surface area contributed by atoms with Gasteiger partial charge in [0.2, 0.25) is 0 Å². The van der Waals surface area contributed by atoms with E-state index in [0.717, 1.165) is 10.9 Å². The number of nitriles is 1. The van der Waals surface area contributed by atoms with Gasteiger partial charge in [-0.2, -0.15) is 10.4 Å². The van der Waals surface area contributed by atoms with Crippen molar-refractivity contribution in [3.8, 4) is 6.07 Å². The number of alkyl halides is 2. The van der Waals surface area contributed by atoms with E-state index in [1.165, 1.54) is 25.4 Å². The molecule has 11 heteroatoms. The van der Waals surface area contributed by atoms with Gasteiger partial charge >= 0.3 is 0 Å². The summed E-state index contributed by atoms with van der Waals surface area (Å²) in [5.41, 5.74) is -0.141. The average Bonchev–Trinajstić information content (AvgIpc) is 3.14. The van der Waals surface area contributed by atoms with E-state index in [1.807, 2.05) is 6.07 Å². The van der Waals surface area contributed by atoms with Gasteiger partial charge in [-0.05, 0) is 12.1 Å². The second-order valence-electron chi connectivity index (χ2n) is 5.08. The first-order chi connectivity index (χ1) is 11.8. The number of aromatic amines is 1. The number of benzene rings is 1. The molecule has 0 unspecified atom stereocenters. The number of fused-ring (bicyclic) bond motifs is 1. The molecule has 0 amide bonds. The van der Waals surface area contributed by atoms with Gasteiger partial charge < -0.3 is 4.98 Å². The van der Waals surface area contributed by atoms with Gasteiger partial charge in [-0.25, -0.2) is 17.2 Å². The van der Waals surface area contributed by atoms with E-state index in [2.05, 4.69) is 14.8 Å². The lowest BCUT2D eigenvalue weighted by atomic mass is 10.1. The van der Waals surface area contributed by atoms with Crippen molar-refractivity contribution in [1.82, 2.24) is 14.8 Å². The number of sulfonamides is 1. The number of anilines is 1. The highest BCUT2D eigenvalue weighted by molar-refractivity contribution is 7.92. The summed E-state index contributed by atoms with van der Waals surface area (Å²) < 4.78 is 54.4. The fourth-order valence-electron chi connectivity index (χ4n) is 2.46. The van der Waals surface area contributed by atoms with Gasteiger partial charge in [-0.15, -0.1) is 0 Å². The highest BCUT2D eigenvalue weighted by atomic mass is 35.5. The van der Waals surface area contributed by atoms with Crippen LogP contribution in [0.2, 0.25) is 5.02 Å². The minimum absolute atomic E-state index is 0.0740. The minimum Gasteiger partial charge on any atom is -0.358 e. The van der Waals surface area contributed by atoms with E-state index in [0.29, 0.717) is 5.39 Å². The SMILES string of the molecule is Cn1ncc(S(=O)(=O)Nc2ccc(Cl)c3c(C#N)c[nH]c23)c1C(F)F. The molecule has 0 radical (unpaired) electrons. The van der Waals surface area contributed by atoms with Crippen molar-refractivity contribution in [3.05, 3.63) is 40.8 Å². The van der Waals surface area contributed by atoms with Crippen LogP contribution < -0.4 is 4.72 Å². The molecular formula is C14H10ClF2N5O2S. The molecule has 1 aromatic carbocycles. The maximum atomic E-state index is 13.1. The van der Waals surface area contributed by atoms with Crippen molar-refractivity contribution < 1.29 is 17.2 Å². The molecule has 2 N–H and O–H groups in total. The summed E-state index contributed by atoms with van der Waals surface area (Å²) in [7, 11) is -3.10. The van der Waals surface area contributed by atoms with Crippen molar-refractivity contribution in [3.63, 3.8) is 0 Å². The van der Waals surface area contributed by atoms with Gasteiger partial charge in [0.15, 0.2) is 0 Å². The van der Waals surface area contributed by atoms with Crippen LogP contribution in [0.4, 0.5) is 14.5 Å². The summed E-state index contributed by atoms with van der Waals surface area (Å²) in [4.78, 5) is 2.14. The molecule has 130 valence electrons. The van der Waals surface area contributed by atoms with Crippen molar-refractivity contribution in [2.45, 2.75) is 11.3 Å². The second kappa shape index (κ2) is 6.02. The summed E-state index contributed by atoms with van der Waals surface area (Å²) in [6.45, 7) is 0. The number of rotatable bonds is 4. The molecule has 3 rings (SSSR count). The maximum absolute atomic E-state index is 13.1. The van der Waals surface area contributed by atoms with Crippen LogP contribution in [0.25, 0.3) is 10.9 Å². The zero-order chi connectivity index (χ0) is 18.4. The summed E-state index contributed by atoms with van der Waals surface area (Å²) in [5, 5.41) is 13.3. The highest BCUT2D eigenvalue weighted by Gasteiger charge is 2.28. The van der Waals surface area contributed by atoms with Gasteiger partial charge in [0.05, 0.1) is 28.0 Å². The van der Waals surface area contributed by atoms with Crippen LogP contribution >= 0.6 is 11.6 Å². The Morgan fingerprint density at radius 3 is 2.80 bits per heavy atom. The predicted molar refractivity (Wildman–Crippen MR) is 87.0 cm³/mol. The molecule has 0 saturated heterocycles. The molecule has 3 aromatic rings. The van der Waals surface area contributed by atoms with Crippen LogP contribution in [0, 0.1) is 11.3 Å². The summed E-state index contributed by atoms with van der Waals surface area (Å²) in [5.74, 6) is 0. The van der Waals surface area contributed by atoms with Gasteiger partial charge in [0.25, 0.3) is 16.4 Å². The molecule has 0 aliphatic heterocycles. The maximum Gasteiger partial charge on any atom is 0.281 e. The van der Waals surface area contributed by atoms with Crippen LogP contribution in [0.3, 0.4) is 0 Å². The third kappa shape index (κ3) is 2.81. The Hall–Kier alpha value is -2.64. The lowest BCUT2D eigenvalue weighted by Crippen LogP contribution is -2.15. The number of nitrogens with zero attached hydrogens (tertiary/aromatic N) is 3. The Kier molecular flexibility index (Phi) is 4.14. The highest BCUT2D eigenvalue weighted by Crippen LogP contribution is 2.34. The Bertz CT molecular complexity index is 1110. The zero-order valence-corrected chi connectivity index (χ0v) is 14.2. The van der Waals surface area contributed by atoms with Gasteiger partial charge in [-0.1, -0.05) is 11.6 Å². The van der Waals surface area contributed by atoms with Gasteiger partial charge in [0.1, 0.15) is 16.7 Å². The predicted octanol–water partition coefficient (Wildman–Crippen LogP) is 3.16. The zero-order valence-electron chi connectivity index (χ0n) is 12.6. The lowest BCUT2D eigenvalue weighted by molar-refractivity contribution is 0.137. The third-order valence-corrected chi connectivity index (χ3v) is 5.29. The minimum atomic E-state index is -4.33. The lowest BCUT2D eigenvalue weighted by Gasteiger charge is -2.10. The smallest absolute Gasteiger partial charge is 0.281 e. The fraction of sp³-hybridized carbons (Fsp3) is 0.143. The molecule has 0 spiro atoms. The molecular weight excluding hydrogens is 376 g/mol. The molecule has 0 fully saturated rings. The van der Waals surface area contributed by atoms with Crippen LogP contribution in [-0.4, -0.2) is 23.2 Å². The van der Waals surface area contributed by atoms with Crippen LogP contribution in [-0.2, 0) is 17.1 Å². The summed E-state index contributed by atoms with van der Waals surface area (Å²) in [6.07, 6.45) is -0.782. The van der Waals surface area contributed by atoms with E-state index in [-0.39, 0.29) is 21.8 Å². The van der Waals surface area contributed by atoms with E-state index >= 15 is 0 Å². The summed E-state index contributed by atoms with van der Waals surface area (Å²) >= 11 is 6.05. The fourth-order valence-corrected chi connectivity index (χ4v) is 3.97. The molecule has 2 aromatic heterocycles. The number of aryl methyl sites for hydroxylation is 1. The quantitative estimate of drug-likeness (QED) is 0.719. The largest absolute Gasteiger partial charge is 0.358 e. The molecule has 2 heterocycles. The summed E-state index contributed by atoms with van der Waals surface area (Å²) in [6, 6.07) is 4.72. The Morgan fingerprint density at radius 1 is 1.44 bits per heavy atom. The van der Waals surface area contributed by atoms with Crippen LogP contribution in [0.1, 0.15) is 17.7 Å². The van der Waals surface area contributed by atoms with Crippen molar-refractivity contribution >= 4 is 38.2 Å². The number of nitrogens with one attached hydrogen (secondary N) is 2. The monoisotopic (exact) mass is 385 g/mol. The molecule has 25 heavy (non-hydrogen) atoms. The Balaban J connectivity index is 2.12. The Morgan fingerprint density at radius 2 is 2.16 bits per heavy atom. The standard InChI is InChI=1S/C14H10ClF2N5O2S/c1-22-13(14(16)17)10(6-20-22)25(23,24)21-9-3-2-8(15)11-7(4-18)5-19-12(9)11/h2-3,5-6,14,19,21H,1H3. The topological polar surface area (TPSA) is 104 Å². The van der Waals surface area contributed by atoms with Crippen molar-refractivity contribution in [1.29, 1.82) is 5.26 Å². The number of halogens is 3. The van der Waals surface area contributed by atoms with Crippen molar-refractivity contribution in [2.75, 3.05) is 4.72 Å². The average molecular weight is 386 g/mol. The van der Waals surface area contributed by atoms with Crippen LogP contribution in [0.5, 0.6) is 0 Å². The first-order valence-electron chi connectivity index (χ1n) is 6.79. The number of H-pyrrole nitrogens is 1. The molecule has 7 nitrogen and oxygen atoms in total. The number of hydrogen-bond donors (Lipinski definition) is 2. The number of hydrogen-bond acceptors (Lipinski definition) is 4. The normalized spacial score (nSPS) is 11.8. The third-order valence-electron chi connectivity index (χ3n) is 3.59. The molecule has 0 saturated carbocycles. The van der Waals surface area contributed by atoms with E-state index in [9.17, 15) is 17.2 Å². The van der Waals surface area contributed by atoms with Crippen molar-refractivity contribution in [2.24, 2.45) is 7.05 Å². The first kappa shape index (κ1) is 17.2. The Labute approximate surface area is 145 Å². The first-order valence-corrected chi connectivity index (χ1v) is 8.65. The second-order valence-corrected chi connectivity index (χ2v) is 7.14. The molecule has 0 bridgehead atoms. The van der Waals surface area contributed by atoms with Gasteiger partial charge in [-0.3, -0.25) is 9.40 Å². The molecule has 0 aliphatic rings.